The molecular weight excluding hydrogens is 502 g/mol. The first-order valence-electron chi connectivity index (χ1n) is 12.3. The van der Waals surface area contributed by atoms with E-state index in [4.69, 9.17) is 21.1 Å². The van der Waals surface area contributed by atoms with Crippen LogP contribution in [0.5, 0.6) is 5.75 Å². The number of hydrogen-bond donors (Lipinski definition) is 2. The normalized spacial score (nSPS) is 12.8. The Labute approximate surface area is 225 Å². The number of carbonyl (C=O) groups is 2. The second-order valence-electron chi connectivity index (χ2n) is 9.13. The zero-order valence-electron chi connectivity index (χ0n) is 20.5. The molecule has 4 aromatic rings. The summed E-state index contributed by atoms with van der Waals surface area (Å²) in [4.78, 5) is 24.5. The second kappa shape index (κ2) is 11.4. The van der Waals surface area contributed by atoms with Crippen molar-refractivity contribution in [2.45, 2.75) is 25.0 Å². The van der Waals surface area contributed by atoms with Crippen LogP contribution in [0.25, 0.3) is 11.1 Å². The number of halogens is 1. The number of hydrogen-bond acceptors (Lipinski definition) is 4. The monoisotopic (exact) mass is 527 g/mol. The number of benzene rings is 4. The van der Waals surface area contributed by atoms with E-state index in [1.54, 1.807) is 30.3 Å². The molecule has 0 fully saturated rings. The van der Waals surface area contributed by atoms with Gasteiger partial charge in [0.05, 0.1) is 0 Å². The largest absolute Gasteiger partial charge is 0.489 e. The Kier molecular flexibility index (Phi) is 7.61. The third-order valence-corrected chi connectivity index (χ3v) is 6.83. The third-order valence-electron chi connectivity index (χ3n) is 6.59. The van der Waals surface area contributed by atoms with Gasteiger partial charge in [0.25, 0.3) is 0 Å². The van der Waals surface area contributed by atoms with Crippen LogP contribution in [0.4, 0.5) is 4.79 Å². The minimum atomic E-state index is -1.14. The van der Waals surface area contributed by atoms with E-state index in [0.717, 1.165) is 33.4 Å². The van der Waals surface area contributed by atoms with Gasteiger partial charge in [0.1, 0.15) is 25.0 Å². The molecule has 0 saturated carbocycles. The van der Waals surface area contributed by atoms with Crippen molar-refractivity contribution in [3.8, 4) is 16.9 Å². The van der Waals surface area contributed by atoms with Crippen molar-refractivity contribution in [3.63, 3.8) is 0 Å². The lowest BCUT2D eigenvalue weighted by molar-refractivity contribution is -0.139. The molecule has 0 aromatic heterocycles. The maximum atomic E-state index is 12.6. The topological polar surface area (TPSA) is 84.9 Å². The number of carbonyl (C=O) groups excluding carboxylic acids is 1. The SMILES string of the molecule is O=C(NC(Cc1ccc(OCc2cccc(Cl)c2)cc1)C(=O)O)OCC1c2ccccc2-c2ccccc21. The van der Waals surface area contributed by atoms with Crippen molar-refractivity contribution in [1.29, 1.82) is 0 Å². The Bertz CT molecular complexity index is 1410. The van der Waals surface area contributed by atoms with Crippen molar-refractivity contribution in [2.75, 3.05) is 6.61 Å². The van der Waals surface area contributed by atoms with E-state index >= 15 is 0 Å². The number of aliphatic carboxylic acids is 1. The van der Waals surface area contributed by atoms with E-state index in [-0.39, 0.29) is 18.9 Å². The fraction of sp³-hybridized carbons (Fsp3) is 0.161. The number of carboxylic acids is 1. The van der Waals surface area contributed by atoms with E-state index in [1.807, 2.05) is 54.6 Å². The molecule has 1 aliphatic rings. The van der Waals surface area contributed by atoms with E-state index < -0.39 is 18.1 Å². The molecule has 7 heteroatoms. The molecule has 1 unspecified atom stereocenters. The van der Waals surface area contributed by atoms with E-state index in [0.29, 0.717) is 17.4 Å². The molecule has 0 spiro atoms. The highest BCUT2D eigenvalue weighted by molar-refractivity contribution is 6.30. The van der Waals surface area contributed by atoms with Crippen molar-refractivity contribution in [2.24, 2.45) is 0 Å². The molecule has 4 aromatic carbocycles. The van der Waals surface area contributed by atoms with Crippen LogP contribution in [-0.2, 0) is 22.6 Å². The molecule has 5 rings (SSSR count). The van der Waals surface area contributed by atoms with Crippen LogP contribution in [0.3, 0.4) is 0 Å². The first kappa shape index (κ1) is 25.4. The van der Waals surface area contributed by atoms with Gasteiger partial charge in [-0.1, -0.05) is 84.4 Å². The Morgan fingerprint density at radius 2 is 1.50 bits per heavy atom. The highest BCUT2D eigenvalue weighted by Crippen LogP contribution is 2.44. The van der Waals surface area contributed by atoms with Crippen molar-refractivity contribution in [1.82, 2.24) is 5.32 Å². The van der Waals surface area contributed by atoms with Crippen LogP contribution >= 0.6 is 11.6 Å². The molecule has 1 aliphatic carbocycles. The Hall–Kier alpha value is -4.29. The lowest BCUT2D eigenvalue weighted by Gasteiger charge is -2.17. The standard InChI is InChI=1S/C31H26ClNO5/c32-22-7-5-6-21(16-22)18-37-23-14-12-20(13-15-23)17-29(30(34)35)33-31(36)38-19-28-26-10-3-1-8-24(26)25-9-2-4-11-27(25)28/h1-16,28-29H,17-19H2,(H,33,36)(H,34,35). The number of amides is 1. The number of rotatable bonds is 9. The fourth-order valence-corrected chi connectivity index (χ4v) is 4.95. The van der Waals surface area contributed by atoms with E-state index in [1.165, 1.54) is 0 Å². The van der Waals surface area contributed by atoms with Gasteiger partial charge in [0.2, 0.25) is 0 Å². The maximum Gasteiger partial charge on any atom is 0.407 e. The van der Waals surface area contributed by atoms with Gasteiger partial charge in [-0.15, -0.1) is 0 Å². The van der Waals surface area contributed by atoms with Gasteiger partial charge in [0.15, 0.2) is 0 Å². The van der Waals surface area contributed by atoms with Crippen LogP contribution in [0.1, 0.15) is 28.2 Å². The van der Waals surface area contributed by atoms with Crippen LogP contribution in [0, 0.1) is 0 Å². The van der Waals surface area contributed by atoms with Crippen LogP contribution in [0.15, 0.2) is 97.1 Å². The molecule has 38 heavy (non-hydrogen) atoms. The Morgan fingerprint density at radius 3 is 2.13 bits per heavy atom. The summed E-state index contributed by atoms with van der Waals surface area (Å²) >= 11 is 6.01. The van der Waals surface area contributed by atoms with Crippen molar-refractivity contribution in [3.05, 3.63) is 124 Å². The molecule has 0 heterocycles. The molecule has 1 amide bonds. The van der Waals surface area contributed by atoms with Crippen LogP contribution in [-0.4, -0.2) is 29.8 Å². The van der Waals surface area contributed by atoms with E-state index in [2.05, 4.69) is 17.4 Å². The van der Waals surface area contributed by atoms with Gasteiger partial charge in [0, 0.05) is 17.4 Å². The maximum absolute atomic E-state index is 12.6. The van der Waals surface area contributed by atoms with Crippen molar-refractivity contribution >= 4 is 23.7 Å². The first-order valence-corrected chi connectivity index (χ1v) is 12.7. The average molecular weight is 528 g/mol. The summed E-state index contributed by atoms with van der Waals surface area (Å²) < 4.78 is 11.3. The highest BCUT2D eigenvalue weighted by Gasteiger charge is 2.29. The smallest absolute Gasteiger partial charge is 0.407 e. The summed E-state index contributed by atoms with van der Waals surface area (Å²) in [6, 6.07) is 29.5. The lowest BCUT2D eigenvalue weighted by Crippen LogP contribution is -2.42. The summed E-state index contributed by atoms with van der Waals surface area (Å²) in [6.07, 6.45) is -0.658. The summed E-state index contributed by atoms with van der Waals surface area (Å²) in [5.41, 5.74) is 6.12. The molecule has 6 nitrogen and oxygen atoms in total. The Balaban J connectivity index is 1.17. The number of alkyl carbamates (subject to hydrolysis) is 1. The zero-order chi connectivity index (χ0) is 26.5. The second-order valence-corrected chi connectivity index (χ2v) is 9.56. The van der Waals surface area contributed by atoms with Gasteiger partial charge >= 0.3 is 12.1 Å². The van der Waals surface area contributed by atoms with Gasteiger partial charge in [-0.05, 0) is 57.6 Å². The van der Waals surface area contributed by atoms with Gasteiger partial charge in [-0.25, -0.2) is 9.59 Å². The molecular formula is C31H26ClNO5. The fourth-order valence-electron chi connectivity index (χ4n) is 4.73. The van der Waals surface area contributed by atoms with Gasteiger partial charge in [-0.3, -0.25) is 0 Å². The van der Waals surface area contributed by atoms with Crippen LogP contribution in [0.2, 0.25) is 5.02 Å². The zero-order valence-corrected chi connectivity index (χ0v) is 21.2. The predicted molar refractivity (Wildman–Crippen MR) is 146 cm³/mol. The number of carboxylic acid groups (broad SMARTS) is 1. The average Bonchev–Trinajstić information content (AvgIpc) is 3.25. The Morgan fingerprint density at radius 1 is 0.842 bits per heavy atom. The predicted octanol–water partition coefficient (Wildman–Crippen LogP) is 6.45. The number of fused-ring (bicyclic) bond motifs is 3. The molecule has 0 bridgehead atoms. The minimum Gasteiger partial charge on any atom is -0.489 e. The summed E-state index contributed by atoms with van der Waals surface area (Å²) in [7, 11) is 0. The third kappa shape index (κ3) is 5.82. The van der Waals surface area contributed by atoms with E-state index in [9.17, 15) is 14.7 Å². The molecule has 2 N–H and O–H groups in total. The van der Waals surface area contributed by atoms with Gasteiger partial charge < -0.3 is 19.9 Å². The number of nitrogens with one attached hydrogen (secondary N) is 1. The summed E-state index contributed by atoms with van der Waals surface area (Å²) in [6.45, 7) is 0.478. The minimum absolute atomic E-state index is 0.101. The summed E-state index contributed by atoms with van der Waals surface area (Å²) in [5.74, 6) is -0.597. The van der Waals surface area contributed by atoms with Crippen molar-refractivity contribution < 1.29 is 24.2 Å². The molecule has 0 radical (unpaired) electrons. The van der Waals surface area contributed by atoms with Gasteiger partial charge in [-0.2, -0.15) is 0 Å². The molecule has 0 saturated heterocycles. The van der Waals surface area contributed by atoms with Crippen LogP contribution < -0.4 is 10.1 Å². The number of ether oxygens (including phenoxy) is 2. The first-order chi connectivity index (χ1) is 18.5. The highest BCUT2D eigenvalue weighted by atomic mass is 35.5. The summed E-state index contributed by atoms with van der Waals surface area (Å²) in [5, 5.41) is 12.8. The molecule has 1 atom stereocenters. The molecule has 0 aliphatic heterocycles. The molecule has 192 valence electrons. The quantitative estimate of drug-likeness (QED) is 0.261. The lowest BCUT2D eigenvalue weighted by atomic mass is 9.98.